The lowest BCUT2D eigenvalue weighted by molar-refractivity contribution is -0.121. The fourth-order valence-electron chi connectivity index (χ4n) is 4.64. The van der Waals surface area contributed by atoms with Crippen LogP contribution in [0.15, 0.2) is 0 Å². The Bertz CT molecular complexity index is 341. The Hall–Kier alpha value is -0.530. The highest BCUT2D eigenvalue weighted by Crippen LogP contribution is 2.22. The molecule has 0 radical (unpaired) electrons. The van der Waals surface area contributed by atoms with Crippen LogP contribution >= 0.6 is 0 Å². The molecule has 0 spiro atoms. The minimum atomic E-state index is 0.282. The summed E-state index contributed by atoms with van der Waals surface area (Å²) >= 11 is 0. The van der Waals surface area contributed by atoms with E-state index in [1.165, 1.54) is 135 Å². The number of hydrogen-bond acceptors (Lipinski definition) is 1. The summed E-state index contributed by atoms with van der Waals surface area (Å²) in [6, 6.07) is 0. The SMILES string of the molecule is CCCCCCCCCCCCCCCCCCCCC1CCCNC(=O)C1. The van der Waals surface area contributed by atoms with Crippen molar-refractivity contribution in [3.63, 3.8) is 0 Å². The maximum absolute atomic E-state index is 11.6. The van der Waals surface area contributed by atoms with Crippen molar-refractivity contribution in [1.29, 1.82) is 0 Å². The number of amides is 1. The van der Waals surface area contributed by atoms with Gasteiger partial charge in [0, 0.05) is 13.0 Å². The standard InChI is InChI=1S/C26H51NO/c1-2-3-4-5-6-7-8-9-10-11-12-13-14-15-16-17-18-19-21-25-22-20-23-27-26(28)24-25/h25H,2-24H2,1H3,(H,27,28). The highest BCUT2D eigenvalue weighted by molar-refractivity contribution is 5.76. The zero-order chi connectivity index (χ0) is 20.1. The van der Waals surface area contributed by atoms with Gasteiger partial charge in [0.15, 0.2) is 0 Å². The van der Waals surface area contributed by atoms with E-state index in [1.807, 2.05) is 0 Å². The van der Waals surface area contributed by atoms with E-state index in [2.05, 4.69) is 12.2 Å². The first kappa shape index (κ1) is 25.5. The van der Waals surface area contributed by atoms with Crippen LogP contribution in [0.3, 0.4) is 0 Å². The van der Waals surface area contributed by atoms with Crippen LogP contribution in [-0.4, -0.2) is 12.5 Å². The van der Waals surface area contributed by atoms with Gasteiger partial charge in [-0.2, -0.15) is 0 Å². The Balaban J connectivity index is 1.71. The Morgan fingerprint density at radius 1 is 0.679 bits per heavy atom. The Morgan fingerprint density at radius 3 is 1.57 bits per heavy atom. The van der Waals surface area contributed by atoms with Crippen LogP contribution in [0.5, 0.6) is 0 Å². The van der Waals surface area contributed by atoms with Crippen LogP contribution in [0, 0.1) is 5.92 Å². The van der Waals surface area contributed by atoms with Gasteiger partial charge in [-0.15, -0.1) is 0 Å². The van der Waals surface area contributed by atoms with Crippen LogP contribution in [0.25, 0.3) is 0 Å². The van der Waals surface area contributed by atoms with E-state index in [1.54, 1.807) is 0 Å². The molecule has 1 atom stereocenters. The Labute approximate surface area is 177 Å². The molecule has 0 bridgehead atoms. The van der Waals surface area contributed by atoms with Gasteiger partial charge in [0.2, 0.25) is 5.91 Å². The molecule has 1 rings (SSSR count). The van der Waals surface area contributed by atoms with Crippen LogP contribution in [0.1, 0.15) is 148 Å². The predicted octanol–water partition coefficient (Wildman–Crippen LogP) is 8.33. The second-order valence-corrected chi connectivity index (χ2v) is 9.36. The maximum atomic E-state index is 11.6. The van der Waals surface area contributed by atoms with Crippen molar-refractivity contribution in [2.75, 3.05) is 6.54 Å². The van der Waals surface area contributed by atoms with Crippen LogP contribution in [-0.2, 0) is 4.79 Å². The Kier molecular flexibility index (Phi) is 18.0. The van der Waals surface area contributed by atoms with E-state index in [9.17, 15) is 4.79 Å². The van der Waals surface area contributed by atoms with Crippen molar-refractivity contribution < 1.29 is 4.79 Å². The quantitative estimate of drug-likeness (QED) is 0.219. The van der Waals surface area contributed by atoms with Gasteiger partial charge in [0.1, 0.15) is 0 Å². The number of carbonyl (C=O) groups is 1. The maximum Gasteiger partial charge on any atom is 0.220 e. The minimum absolute atomic E-state index is 0.282. The van der Waals surface area contributed by atoms with Gasteiger partial charge >= 0.3 is 0 Å². The fraction of sp³-hybridized carbons (Fsp3) is 0.962. The van der Waals surface area contributed by atoms with Gasteiger partial charge in [-0.05, 0) is 25.2 Å². The van der Waals surface area contributed by atoms with Crippen LogP contribution in [0.2, 0.25) is 0 Å². The lowest BCUT2D eigenvalue weighted by Gasteiger charge is -2.12. The molecule has 1 heterocycles. The van der Waals surface area contributed by atoms with Crippen LogP contribution in [0.4, 0.5) is 0 Å². The van der Waals surface area contributed by atoms with Gasteiger partial charge in [0.25, 0.3) is 0 Å². The average molecular weight is 394 g/mol. The first-order chi connectivity index (χ1) is 13.8. The van der Waals surface area contributed by atoms with E-state index in [0.29, 0.717) is 5.92 Å². The van der Waals surface area contributed by atoms with E-state index in [0.717, 1.165) is 13.0 Å². The van der Waals surface area contributed by atoms with Crippen molar-refractivity contribution >= 4 is 5.91 Å². The molecule has 0 aliphatic carbocycles. The van der Waals surface area contributed by atoms with Crippen molar-refractivity contribution in [3.05, 3.63) is 0 Å². The third-order valence-corrected chi connectivity index (χ3v) is 6.55. The van der Waals surface area contributed by atoms with E-state index < -0.39 is 0 Å². The first-order valence-electron chi connectivity index (χ1n) is 13.1. The summed E-state index contributed by atoms with van der Waals surface area (Å²) in [4.78, 5) is 11.6. The van der Waals surface area contributed by atoms with Crippen molar-refractivity contribution in [2.45, 2.75) is 148 Å². The first-order valence-corrected chi connectivity index (χ1v) is 13.1. The van der Waals surface area contributed by atoms with Gasteiger partial charge in [-0.3, -0.25) is 4.79 Å². The number of unbranched alkanes of at least 4 members (excludes halogenated alkanes) is 17. The summed E-state index contributed by atoms with van der Waals surface area (Å²) in [5, 5.41) is 3.00. The Morgan fingerprint density at radius 2 is 1.11 bits per heavy atom. The van der Waals surface area contributed by atoms with Gasteiger partial charge in [-0.1, -0.05) is 122 Å². The lowest BCUT2D eigenvalue weighted by Crippen LogP contribution is -2.22. The lowest BCUT2D eigenvalue weighted by atomic mass is 9.93. The second-order valence-electron chi connectivity index (χ2n) is 9.36. The fourth-order valence-corrected chi connectivity index (χ4v) is 4.64. The normalized spacial score (nSPS) is 17.5. The van der Waals surface area contributed by atoms with Crippen molar-refractivity contribution in [3.8, 4) is 0 Å². The molecule has 2 heteroatoms. The molecule has 1 unspecified atom stereocenters. The minimum Gasteiger partial charge on any atom is -0.356 e. The third kappa shape index (κ3) is 16.4. The highest BCUT2D eigenvalue weighted by atomic mass is 16.1. The molecule has 0 aromatic rings. The molecular weight excluding hydrogens is 342 g/mol. The summed E-state index contributed by atoms with van der Waals surface area (Å²) in [6.07, 6.45) is 30.3. The molecule has 0 aromatic carbocycles. The third-order valence-electron chi connectivity index (χ3n) is 6.55. The van der Waals surface area contributed by atoms with Crippen LogP contribution < -0.4 is 5.32 Å². The summed E-state index contributed by atoms with van der Waals surface area (Å²) < 4.78 is 0. The number of rotatable bonds is 19. The summed E-state index contributed by atoms with van der Waals surface area (Å²) in [6.45, 7) is 3.19. The molecular formula is C26H51NO. The number of nitrogens with one attached hydrogen (secondary N) is 1. The molecule has 2 nitrogen and oxygen atoms in total. The molecule has 1 aliphatic rings. The molecule has 1 N–H and O–H groups in total. The van der Waals surface area contributed by atoms with Crippen molar-refractivity contribution in [1.82, 2.24) is 5.32 Å². The largest absolute Gasteiger partial charge is 0.356 e. The summed E-state index contributed by atoms with van der Waals surface area (Å²) in [7, 11) is 0. The van der Waals surface area contributed by atoms with E-state index in [4.69, 9.17) is 0 Å². The summed E-state index contributed by atoms with van der Waals surface area (Å²) in [5.74, 6) is 0.938. The zero-order valence-electron chi connectivity index (χ0n) is 19.2. The monoisotopic (exact) mass is 393 g/mol. The summed E-state index contributed by atoms with van der Waals surface area (Å²) in [5.41, 5.74) is 0. The molecule has 1 fully saturated rings. The molecule has 28 heavy (non-hydrogen) atoms. The smallest absolute Gasteiger partial charge is 0.220 e. The highest BCUT2D eigenvalue weighted by Gasteiger charge is 2.16. The van der Waals surface area contributed by atoms with Gasteiger partial charge in [0.05, 0.1) is 0 Å². The second kappa shape index (κ2) is 19.8. The predicted molar refractivity (Wildman–Crippen MR) is 124 cm³/mol. The van der Waals surface area contributed by atoms with E-state index >= 15 is 0 Å². The number of hydrogen-bond donors (Lipinski definition) is 1. The molecule has 1 saturated heterocycles. The molecule has 1 aliphatic heterocycles. The van der Waals surface area contributed by atoms with Crippen molar-refractivity contribution in [2.24, 2.45) is 5.92 Å². The molecule has 0 aromatic heterocycles. The zero-order valence-corrected chi connectivity index (χ0v) is 19.2. The topological polar surface area (TPSA) is 29.1 Å². The average Bonchev–Trinajstić information content (AvgIpc) is 2.91. The van der Waals surface area contributed by atoms with Gasteiger partial charge in [-0.25, -0.2) is 0 Å². The number of carbonyl (C=O) groups excluding carboxylic acids is 1. The van der Waals surface area contributed by atoms with E-state index in [-0.39, 0.29) is 5.91 Å². The molecule has 0 saturated carbocycles. The molecule has 1 amide bonds. The van der Waals surface area contributed by atoms with Gasteiger partial charge < -0.3 is 5.32 Å². The molecule has 166 valence electrons.